The van der Waals surface area contributed by atoms with Crippen LogP contribution in [0.4, 0.5) is 5.69 Å². The number of nitrogens with zero attached hydrogens (tertiary/aromatic N) is 1. The Hall–Kier alpha value is -1.02. The molecule has 1 aromatic carbocycles. The molecule has 1 aliphatic heterocycles. The molecule has 0 amide bonds. The van der Waals surface area contributed by atoms with Crippen LogP contribution in [0.1, 0.15) is 37.8 Å². The van der Waals surface area contributed by atoms with Gasteiger partial charge in [-0.05, 0) is 42.4 Å². The van der Waals surface area contributed by atoms with E-state index in [1.165, 1.54) is 42.6 Å². The van der Waals surface area contributed by atoms with Crippen LogP contribution in [0, 0.1) is 5.92 Å². The first-order chi connectivity index (χ1) is 8.72. The lowest BCUT2D eigenvalue weighted by Crippen LogP contribution is -2.29. The third kappa shape index (κ3) is 2.69. The molecule has 1 fully saturated rings. The minimum absolute atomic E-state index is 0.765. The van der Waals surface area contributed by atoms with Crippen molar-refractivity contribution in [2.75, 3.05) is 18.4 Å². The average molecular weight is 244 g/mol. The van der Waals surface area contributed by atoms with Gasteiger partial charge in [-0.25, -0.2) is 0 Å². The van der Waals surface area contributed by atoms with Crippen molar-refractivity contribution in [3.05, 3.63) is 29.3 Å². The van der Waals surface area contributed by atoms with Gasteiger partial charge in [0.1, 0.15) is 0 Å². The fourth-order valence-corrected chi connectivity index (χ4v) is 2.94. The minimum atomic E-state index is 0.765. The zero-order chi connectivity index (χ0) is 12.5. The topological polar surface area (TPSA) is 15.3 Å². The molecule has 18 heavy (non-hydrogen) atoms. The monoisotopic (exact) mass is 244 g/mol. The Kier molecular flexibility index (Phi) is 3.29. The highest BCUT2D eigenvalue weighted by Crippen LogP contribution is 2.30. The summed E-state index contributed by atoms with van der Waals surface area (Å²) in [5.74, 6) is 0.765. The Labute approximate surface area is 110 Å². The Morgan fingerprint density at radius 3 is 2.89 bits per heavy atom. The fourth-order valence-electron chi connectivity index (χ4n) is 2.94. The maximum Gasteiger partial charge on any atom is 0.0373 e. The molecule has 1 aliphatic carbocycles. The Balaban J connectivity index is 1.70. The van der Waals surface area contributed by atoms with Crippen molar-refractivity contribution in [2.24, 2.45) is 5.92 Å². The Bertz CT molecular complexity index is 421. The molecule has 98 valence electrons. The maximum atomic E-state index is 3.43. The summed E-state index contributed by atoms with van der Waals surface area (Å²) in [6.07, 6.45) is 4.00. The second kappa shape index (κ2) is 4.93. The number of hydrogen-bond donors (Lipinski definition) is 1. The normalized spacial score (nSPS) is 18.2. The van der Waals surface area contributed by atoms with Gasteiger partial charge in [-0.2, -0.15) is 0 Å². The van der Waals surface area contributed by atoms with Crippen LogP contribution in [0.2, 0.25) is 0 Å². The van der Waals surface area contributed by atoms with Crippen LogP contribution in [0.5, 0.6) is 0 Å². The summed E-state index contributed by atoms with van der Waals surface area (Å²) in [6.45, 7) is 8.12. The van der Waals surface area contributed by atoms with E-state index in [2.05, 4.69) is 42.3 Å². The molecule has 2 heteroatoms. The van der Waals surface area contributed by atoms with Crippen LogP contribution in [-0.2, 0) is 13.0 Å². The minimum Gasteiger partial charge on any atom is -0.384 e. The molecule has 1 heterocycles. The quantitative estimate of drug-likeness (QED) is 0.855. The molecule has 3 rings (SSSR count). The number of benzene rings is 1. The van der Waals surface area contributed by atoms with Gasteiger partial charge in [0.05, 0.1) is 0 Å². The van der Waals surface area contributed by atoms with Gasteiger partial charge in [-0.1, -0.05) is 26.0 Å². The predicted molar refractivity (Wildman–Crippen MR) is 76.9 cm³/mol. The summed E-state index contributed by atoms with van der Waals surface area (Å²) >= 11 is 0. The highest BCUT2D eigenvalue weighted by molar-refractivity contribution is 5.56. The molecule has 2 nitrogen and oxygen atoms in total. The lowest BCUT2D eigenvalue weighted by molar-refractivity contribution is 0.226. The van der Waals surface area contributed by atoms with E-state index in [1.807, 2.05) is 0 Å². The molecule has 1 aromatic rings. The molecular formula is C16H24N2. The van der Waals surface area contributed by atoms with E-state index >= 15 is 0 Å². The van der Waals surface area contributed by atoms with Gasteiger partial charge in [0.15, 0.2) is 0 Å². The smallest absolute Gasteiger partial charge is 0.0373 e. The van der Waals surface area contributed by atoms with Crippen LogP contribution in [0.3, 0.4) is 0 Å². The second-order valence-corrected chi connectivity index (χ2v) is 6.22. The van der Waals surface area contributed by atoms with E-state index < -0.39 is 0 Å². The van der Waals surface area contributed by atoms with Crippen molar-refractivity contribution in [2.45, 2.75) is 45.7 Å². The van der Waals surface area contributed by atoms with Crippen molar-refractivity contribution in [3.63, 3.8) is 0 Å². The van der Waals surface area contributed by atoms with Gasteiger partial charge in [-0.3, -0.25) is 4.90 Å². The van der Waals surface area contributed by atoms with Gasteiger partial charge in [0.2, 0.25) is 0 Å². The lowest BCUT2D eigenvalue weighted by atomic mass is 10.1. The van der Waals surface area contributed by atoms with Crippen molar-refractivity contribution in [1.82, 2.24) is 4.90 Å². The van der Waals surface area contributed by atoms with E-state index in [0.29, 0.717) is 0 Å². The molecule has 0 saturated heterocycles. The molecule has 0 radical (unpaired) electrons. The summed E-state index contributed by atoms with van der Waals surface area (Å²) in [6, 6.07) is 7.83. The zero-order valence-electron chi connectivity index (χ0n) is 11.6. The summed E-state index contributed by atoms with van der Waals surface area (Å²) in [4.78, 5) is 2.68. The van der Waals surface area contributed by atoms with Crippen LogP contribution in [0.15, 0.2) is 18.2 Å². The summed E-state index contributed by atoms with van der Waals surface area (Å²) in [5, 5.41) is 3.43. The number of anilines is 1. The molecule has 0 aromatic heterocycles. The van der Waals surface area contributed by atoms with Crippen molar-refractivity contribution in [3.8, 4) is 0 Å². The van der Waals surface area contributed by atoms with Crippen molar-refractivity contribution in [1.29, 1.82) is 0 Å². The molecule has 0 spiro atoms. The van der Waals surface area contributed by atoms with Crippen molar-refractivity contribution >= 4 is 5.69 Å². The first-order valence-corrected chi connectivity index (χ1v) is 7.32. The molecule has 0 atom stereocenters. The number of rotatable bonds is 5. The van der Waals surface area contributed by atoms with E-state index in [-0.39, 0.29) is 0 Å². The van der Waals surface area contributed by atoms with Gasteiger partial charge in [-0.15, -0.1) is 0 Å². The highest BCUT2D eigenvalue weighted by Gasteiger charge is 2.29. The third-order valence-electron chi connectivity index (χ3n) is 3.93. The zero-order valence-corrected chi connectivity index (χ0v) is 11.6. The summed E-state index contributed by atoms with van der Waals surface area (Å²) < 4.78 is 0. The van der Waals surface area contributed by atoms with E-state index in [4.69, 9.17) is 0 Å². The first kappa shape index (κ1) is 12.0. The lowest BCUT2D eigenvalue weighted by Gasteiger charge is -2.24. The largest absolute Gasteiger partial charge is 0.384 e. The summed E-state index contributed by atoms with van der Waals surface area (Å²) in [7, 11) is 0. The number of hydrogen-bond acceptors (Lipinski definition) is 2. The Morgan fingerprint density at radius 1 is 1.33 bits per heavy atom. The predicted octanol–water partition coefficient (Wildman–Crippen LogP) is 3.28. The molecule has 0 bridgehead atoms. The van der Waals surface area contributed by atoms with E-state index in [1.54, 1.807) is 0 Å². The van der Waals surface area contributed by atoms with Gasteiger partial charge >= 0.3 is 0 Å². The molecular weight excluding hydrogens is 220 g/mol. The summed E-state index contributed by atoms with van der Waals surface area (Å²) in [5.41, 5.74) is 4.35. The number of fused-ring (bicyclic) bond motifs is 1. The molecule has 1 saturated carbocycles. The second-order valence-electron chi connectivity index (χ2n) is 6.22. The molecule has 0 unspecified atom stereocenters. The van der Waals surface area contributed by atoms with Crippen LogP contribution >= 0.6 is 0 Å². The van der Waals surface area contributed by atoms with Crippen molar-refractivity contribution < 1.29 is 0 Å². The number of nitrogens with one attached hydrogen (secondary N) is 1. The van der Waals surface area contributed by atoms with Gasteiger partial charge < -0.3 is 5.32 Å². The van der Waals surface area contributed by atoms with Gasteiger partial charge in [0, 0.05) is 31.4 Å². The van der Waals surface area contributed by atoms with E-state index in [9.17, 15) is 0 Å². The van der Waals surface area contributed by atoms with E-state index in [0.717, 1.165) is 25.0 Å². The van der Waals surface area contributed by atoms with Crippen LogP contribution in [-0.4, -0.2) is 24.0 Å². The maximum absolute atomic E-state index is 3.43. The van der Waals surface area contributed by atoms with Crippen LogP contribution in [0.25, 0.3) is 0 Å². The SMILES string of the molecule is CC(C)CN(Cc1ccc2c(c1)CCN2)C1CC1. The third-order valence-corrected chi connectivity index (χ3v) is 3.93. The fraction of sp³-hybridized carbons (Fsp3) is 0.625. The highest BCUT2D eigenvalue weighted by atomic mass is 15.2. The first-order valence-electron chi connectivity index (χ1n) is 7.32. The Morgan fingerprint density at radius 2 is 2.17 bits per heavy atom. The van der Waals surface area contributed by atoms with Crippen LogP contribution < -0.4 is 5.32 Å². The molecule has 2 aliphatic rings. The average Bonchev–Trinajstić information content (AvgIpc) is 3.07. The van der Waals surface area contributed by atoms with Gasteiger partial charge in [0.25, 0.3) is 0 Å². The standard InChI is InChI=1S/C16H24N2/c1-12(2)10-18(15-4-5-15)11-13-3-6-16-14(9-13)7-8-17-16/h3,6,9,12,15,17H,4-5,7-8,10-11H2,1-2H3. The molecule has 1 N–H and O–H groups in total.